The summed E-state index contributed by atoms with van der Waals surface area (Å²) in [4.78, 5) is 0. The number of aromatic hydroxyl groups is 1. The van der Waals surface area contributed by atoms with Crippen molar-refractivity contribution in [1.29, 1.82) is 0 Å². The van der Waals surface area contributed by atoms with Crippen LogP contribution < -0.4 is 5.73 Å². The molecule has 1 aromatic carbocycles. The van der Waals surface area contributed by atoms with E-state index in [1.165, 1.54) is 0 Å². The van der Waals surface area contributed by atoms with Gasteiger partial charge in [-0.1, -0.05) is 11.6 Å². The molecular formula is C10H10ClF2NO. The maximum absolute atomic E-state index is 13.5. The average Bonchev–Trinajstić information content (AvgIpc) is 2.96. The first-order valence-electron chi connectivity index (χ1n) is 4.59. The highest BCUT2D eigenvalue weighted by atomic mass is 35.5. The van der Waals surface area contributed by atoms with Crippen molar-refractivity contribution in [3.63, 3.8) is 0 Å². The third-order valence-electron chi connectivity index (χ3n) is 2.92. The van der Waals surface area contributed by atoms with E-state index < -0.39 is 22.8 Å². The minimum absolute atomic E-state index is 0.0741. The van der Waals surface area contributed by atoms with E-state index in [1.807, 2.05) is 0 Å². The van der Waals surface area contributed by atoms with Crippen molar-refractivity contribution in [2.75, 3.05) is 6.54 Å². The number of hydrogen-bond acceptors (Lipinski definition) is 2. The molecule has 0 atom stereocenters. The number of halogens is 3. The van der Waals surface area contributed by atoms with Gasteiger partial charge in [0.05, 0.1) is 5.02 Å². The van der Waals surface area contributed by atoms with Crippen LogP contribution in [0.4, 0.5) is 8.78 Å². The topological polar surface area (TPSA) is 46.2 Å². The Morgan fingerprint density at radius 2 is 2.07 bits per heavy atom. The van der Waals surface area contributed by atoms with Gasteiger partial charge in [-0.25, -0.2) is 8.78 Å². The van der Waals surface area contributed by atoms with Gasteiger partial charge in [0, 0.05) is 17.5 Å². The number of nitrogens with two attached hydrogens (primary N) is 1. The van der Waals surface area contributed by atoms with Gasteiger partial charge >= 0.3 is 0 Å². The molecule has 15 heavy (non-hydrogen) atoms. The molecule has 5 heteroatoms. The van der Waals surface area contributed by atoms with Crippen LogP contribution in [0.15, 0.2) is 6.07 Å². The van der Waals surface area contributed by atoms with Crippen molar-refractivity contribution >= 4 is 11.6 Å². The molecule has 3 N–H and O–H groups in total. The van der Waals surface area contributed by atoms with Crippen LogP contribution in [0.5, 0.6) is 5.75 Å². The van der Waals surface area contributed by atoms with E-state index in [4.69, 9.17) is 17.3 Å². The number of benzene rings is 1. The van der Waals surface area contributed by atoms with Gasteiger partial charge in [0.2, 0.25) is 0 Å². The molecular weight excluding hydrogens is 224 g/mol. The molecule has 82 valence electrons. The van der Waals surface area contributed by atoms with Gasteiger partial charge in [0.1, 0.15) is 5.75 Å². The van der Waals surface area contributed by atoms with Crippen molar-refractivity contribution in [2.45, 2.75) is 18.3 Å². The molecule has 0 aliphatic heterocycles. The summed E-state index contributed by atoms with van der Waals surface area (Å²) in [5, 5.41) is 9.44. The predicted molar refractivity (Wildman–Crippen MR) is 53.0 cm³/mol. The van der Waals surface area contributed by atoms with E-state index in [0.29, 0.717) is 12.8 Å². The third kappa shape index (κ3) is 1.48. The molecule has 1 aliphatic rings. The van der Waals surface area contributed by atoms with Crippen LogP contribution in [-0.2, 0) is 5.41 Å². The SMILES string of the molecule is NCC1(c2c(O)c(Cl)cc(F)c2F)CC1. The van der Waals surface area contributed by atoms with Crippen LogP contribution in [0.3, 0.4) is 0 Å². The molecule has 0 spiro atoms. The maximum atomic E-state index is 13.5. The van der Waals surface area contributed by atoms with Crippen molar-refractivity contribution in [2.24, 2.45) is 5.73 Å². The monoisotopic (exact) mass is 233 g/mol. The molecule has 0 amide bonds. The summed E-state index contributed by atoms with van der Waals surface area (Å²) in [5.74, 6) is -2.48. The Bertz CT molecular complexity index is 392. The van der Waals surface area contributed by atoms with Crippen LogP contribution in [0.2, 0.25) is 5.02 Å². The predicted octanol–water partition coefficient (Wildman–Crippen LogP) is 2.31. The van der Waals surface area contributed by atoms with Crippen molar-refractivity contribution in [3.8, 4) is 5.75 Å². The van der Waals surface area contributed by atoms with Gasteiger partial charge in [0.25, 0.3) is 0 Å². The second kappa shape index (κ2) is 3.32. The van der Waals surface area contributed by atoms with Crippen LogP contribution in [-0.4, -0.2) is 11.7 Å². The molecule has 1 fully saturated rings. The number of hydrogen-bond donors (Lipinski definition) is 2. The Morgan fingerprint density at radius 1 is 1.47 bits per heavy atom. The number of phenols is 1. The first kappa shape index (κ1) is 10.6. The van der Waals surface area contributed by atoms with Crippen LogP contribution in [0.25, 0.3) is 0 Å². The van der Waals surface area contributed by atoms with E-state index in [-0.39, 0.29) is 17.1 Å². The van der Waals surface area contributed by atoms with E-state index in [0.717, 1.165) is 6.07 Å². The van der Waals surface area contributed by atoms with Gasteiger partial charge < -0.3 is 10.8 Å². The second-order valence-corrected chi connectivity index (χ2v) is 4.27. The zero-order chi connectivity index (χ0) is 11.2. The largest absolute Gasteiger partial charge is 0.506 e. The summed E-state index contributed by atoms with van der Waals surface area (Å²) in [6, 6.07) is 0.766. The quantitative estimate of drug-likeness (QED) is 0.770. The van der Waals surface area contributed by atoms with Crippen LogP contribution >= 0.6 is 11.6 Å². The van der Waals surface area contributed by atoms with Crippen LogP contribution in [0, 0.1) is 11.6 Å². The van der Waals surface area contributed by atoms with Crippen molar-refractivity contribution in [3.05, 3.63) is 28.3 Å². The molecule has 1 aliphatic carbocycles. The lowest BCUT2D eigenvalue weighted by molar-refractivity contribution is 0.427. The highest BCUT2D eigenvalue weighted by molar-refractivity contribution is 6.32. The molecule has 1 saturated carbocycles. The normalized spacial score (nSPS) is 17.9. The van der Waals surface area contributed by atoms with Crippen molar-refractivity contribution < 1.29 is 13.9 Å². The number of rotatable bonds is 2. The lowest BCUT2D eigenvalue weighted by Crippen LogP contribution is -2.22. The van der Waals surface area contributed by atoms with Crippen LogP contribution in [0.1, 0.15) is 18.4 Å². The molecule has 0 aromatic heterocycles. The fourth-order valence-corrected chi connectivity index (χ4v) is 1.97. The fraction of sp³-hybridized carbons (Fsp3) is 0.400. The lowest BCUT2D eigenvalue weighted by atomic mass is 9.94. The number of phenolic OH excluding ortho intramolecular Hbond substituents is 1. The minimum Gasteiger partial charge on any atom is -0.506 e. The summed E-state index contributed by atoms with van der Waals surface area (Å²) in [7, 11) is 0. The summed E-state index contributed by atoms with van der Waals surface area (Å²) in [5.41, 5.74) is 4.80. The smallest absolute Gasteiger partial charge is 0.166 e. The summed E-state index contributed by atoms with van der Waals surface area (Å²) >= 11 is 5.58. The first-order chi connectivity index (χ1) is 7.02. The maximum Gasteiger partial charge on any atom is 0.166 e. The lowest BCUT2D eigenvalue weighted by Gasteiger charge is -2.16. The van der Waals surface area contributed by atoms with E-state index >= 15 is 0 Å². The Kier molecular flexibility index (Phi) is 2.35. The summed E-state index contributed by atoms with van der Waals surface area (Å²) in [6.45, 7) is 0.178. The molecule has 0 unspecified atom stereocenters. The van der Waals surface area contributed by atoms with E-state index in [1.54, 1.807) is 0 Å². The van der Waals surface area contributed by atoms with E-state index in [2.05, 4.69) is 0 Å². The molecule has 0 radical (unpaired) electrons. The molecule has 2 nitrogen and oxygen atoms in total. The van der Waals surface area contributed by atoms with Gasteiger partial charge in [0.15, 0.2) is 11.6 Å². The molecule has 0 saturated heterocycles. The van der Waals surface area contributed by atoms with Gasteiger partial charge in [-0.15, -0.1) is 0 Å². The Hall–Kier alpha value is -0.870. The summed E-state index contributed by atoms with van der Waals surface area (Å²) in [6.07, 6.45) is 1.29. The Labute approximate surface area is 90.7 Å². The summed E-state index contributed by atoms with van der Waals surface area (Å²) < 4.78 is 26.6. The zero-order valence-corrected chi connectivity index (χ0v) is 8.61. The fourth-order valence-electron chi connectivity index (χ4n) is 1.78. The zero-order valence-electron chi connectivity index (χ0n) is 7.86. The molecule has 1 aromatic rings. The van der Waals surface area contributed by atoms with E-state index in [9.17, 15) is 13.9 Å². The Morgan fingerprint density at radius 3 is 2.53 bits per heavy atom. The van der Waals surface area contributed by atoms with Gasteiger partial charge in [-0.05, 0) is 18.9 Å². The molecule has 0 heterocycles. The van der Waals surface area contributed by atoms with Crippen molar-refractivity contribution in [1.82, 2.24) is 0 Å². The minimum atomic E-state index is -1.05. The van der Waals surface area contributed by atoms with Gasteiger partial charge in [-0.2, -0.15) is 0 Å². The standard InChI is InChI=1S/C10H10ClF2NO/c11-5-3-6(12)8(13)7(9(5)15)10(4-14)1-2-10/h3,15H,1-2,4,14H2. The molecule has 0 bridgehead atoms. The highest BCUT2D eigenvalue weighted by Crippen LogP contribution is 2.52. The third-order valence-corrected chi connectivity index (χ3v) is 3.21. The molecule has 2 rings (SSSR count). The first-order valence-corrected chi connectivity index (χ1v) is 4.96. The second-order valence-electron chi connectivity index (χ2n) is 3.86. The Balaban J connectivity index is 2.64. The average molecular weight is 234 g/mol. The highest BCUT2D eigenvalue weighted by Gasteiger charge is 2.47. The van der Waals surface area contributed by atoms with Gasteiger partial charge in [-0.3, -0.25) is 0 Å².